The lowest BCUT2D eigenvalue weighted by atomic mass is 10.1. The van der Waals surface area contributed by atoms with Gasteiger partial charge in [-0.2, -0.15) is 0 Å². The lowest BCUT2D eigenvalue weighted by Crippen LogP contribution is -2.23. The molecular formula is C17H17BrO3. The van der Waals surface area contributed by atoms with Crippen molar-refractivity contribution in [2.75, 3.05) is 13.2 Å². The standard InChI is InChI=1S/C17H17BrO3/c1-13(17(19)14-7-9-15(18)10-8-14)20-11-12-21-16-5-3-2-4-6-16/h2-10,13H,11-12H2,1H3. The summed E-state index contributed by atoms with van der Waals surface area (Å²) in [5.41, 5.74) is 0.648. The van der Waals surface area contributed by atoms with Crippen LogP contribution in [0.25, 0.3) is 0 Å². The minimum atomic E-state index is -0.481. The Labute approximate surface area is 133 Å². The van der Waals surface area contributed by atoms with Crippen LogP contribution >= 0.6 is 15.9 Å². The van der Waals surface area contributed by atoms with Gasteiger partial charge in [0.25, 0.3) is 0 Å². The third-order valence-electron chi connectivity index (χ3n) is 2.96. The molecule has 0 aliphatic heterocycles. The van der Waals surface area contributed by atoms with Gasteiger partial charge < -0.3 is 9.47 Å². The monoisotopic (exact) mass is 348 g/mol. The van der Waals surface area contributed by atoms with Gasteiger partial charge in [0.2, 0.25) is 0 Å². The third kappa shape index (κ3) is 4.99. The molecule has 0 spiro atoms. The van der Waals surface area contributed by atoms with Gasteiger partial charge in [-0.1, -0.05) is 46.3 Å². The highest BCUT2D eigenvalue weighted by atomic mass is 79.9. The van der Waals surface area contributed by atoms with Gasteiger partial charge in [-0.15, -0.1) is 0 Å². The highest BCUT2D eigenvalue weighted by molar-refractivity contribution is 9.10. The first kappa shape index (κ1) is 15.7. The van der Waals surface area contributed by atoms with Crippen LogP contribution in [-0.4, -0.2) is 25.1 Å². The number of ether oxygens (including phenoxy) is 2. The van der Waals surface area contributed by atoms with Gasteiger partial charge in [-0.25, -0.2) is 0 Å². The van der Waals surface area contributed by atoms with Crippen LogP contribution in [0.5, 0.6) is 5.75 Å². The lowest BCUT2D eigenvalue weighted by molar-refractivity contribution is 0.0372. The second kappa shape index (κ2) is 7.96. The van der Waals surface area contributed by atoms with Crippen molar-refractivity contribution in [2.24, 2.45) is 0 Å². The summed E-state index contributed by atoms with van der Waals surface area (Å²) in [6.07, 6.45) is -0.481. The molecule has 2 rings (SSSR count). The van der Waals surface area contributed by atoms with Crippen LogP contribution in [0.2, 0.25) is 0 Å². The molecule has 2 aromatic carbocycles. The van der Waals surface area contributed by atoms with Crippen molar-refractivity contribution in [3.63, 3.8) is 0 Å². The predicted molar refractivity (Wildman–Crippen MR) is 85.8 cm³/mol. The molecule has 0 saturated carbocycles. The average Bonchev–Trinajstić information content (AvgIpc) is 2.52. The van der Waals surface area contributed by atoms with Crippen LogP contribution in [0.3, 0.4) is 0 Å². The first-order chi connectivity index (χ1) is 10.2. The fraction of sp³-hybridized carbons (Fsp3) is 0.235. The summed E-state index contributed by atoms with van der Waals surface area (Å²) in [6, 6.07) is 16.8. The Morgan fingerprint density at radius 1 is 1.05 bits per heavy atom. The SMILES string of the molecule is CC(OCCOc1ccccc1)C(=O)c1ccc(Br)cc1. The fourth-order valence-electron chi connectivity index (χ4n) is 1.83. The Hall–Kier alpha value is -1.65. The van der Waals surface area contributed by atoms with E-state index in [1.54, 1.807) is 19.1 Å². The van der Waals surface area contributed by atoms with E-state index in [4.69, 9.17) is 9.47 Å². The molecule has 0 fully saturated rings. The van der Waals surface area contributed by atoms with E-state index >= 15 is 0 Å². The molecule has 1 unspecified atom stereocenters. The fourth-order valence-corrected chi connectivity index (χ4v) is 2.09. The molecule has 0 amide bonds. The van der Waals surface area contributed by atoms with Crippen molar-refractivity contribution in [1.82, 2.24) is 0 Å². The van der Waals surface area contributed by atoms with Crippen molar-refractivity contribution in [1.29, 1.82) is 0 Å². The molecule has 0 N–H and O–H groups in total. The molecule has 110 valence electrons. The summed E-state index contributed by atoms with van der Waals surface area (Å²) >= 11 is 3.35. The van der Waals surface area contributed by atoms with E-state index < -0.39 is 6.10 Å². The van der Waals surface area contributed by atoms with Gasteiger partial charge in [0.1, 0.15) is 18.5 Å². The van der Waals surface area contributed by atoms with Gasteiger partial charge in [0.15, 0.2) is 5.78 Å². The number of Topliss-reactive ketones (excluding diaryl/α,β-unsaturated/α-hetero) is 1. The third-order valence-corrected chi connectivity index (χ3v) is 3.49. The topological polar surface area (TPSA) is 35.5 Å². The summed E-state index contributed by atoms with van der Waals surface area (Å²) < 4.78 is 12.0. The van der Waals surface area contributed by atoms with Crippen LogP contribution in [0.4, 0.5) is 0 Å². The number of carbonyl (C=O) groups excluding carboxylic acids is 1. The Morgan fingerprint density at radius 2 is 1.71 bits per heavy atom. The number of rotatable bonds is 7. The molecular weight excluding hydrogens is 332 g/mol. The van der Waals surface area contributed by atoms with Crippen LogP contribution in [-0.2, 0) is 4.74 Å². The number of carbonyl (C=O) groups is 1. The second-order valence-electron chi connectivity index (χ2n) is 4.55. The Bertz CT molecular complexity index is 566. The summed E-state index contributed by atoms with van der Waals surface area (Å²) in [6.45, 7) is 2.55. The molecule has 0 aliphatic rings. The first-order valence-corrected chi connectivity index (χ1v) is 7.55. The van der Waals surface area contributed by atoms with E-state index in [0.29, 0.717) is 18.8 Å². The minimum absolute atomic E-state index is 0.0257. The van der Waals surface area contributed by atoms with E-state index in [2.05, 4.69) is 15.9 Å². The molecule has 0 bridgehead atoms. The number of halogens is 1. The summed E-state index contributed by atoms with van der Waals surface area (Å²) in [5.74, 6) is 0.773. The summed E-state index contributed by atoms with van der Waals surface area (Å²) in [5, 5.41) is 0. The van der Waals surface area contributed by atoms with Crippen LogP contribution in [0.15, 0.2) is 59.1 Å². The predicted octanol–water partition coefficient (Wildman–Crippen LogP) is 4.12. The molecule has 4 heteroatoms. The number of hydrogen-bond acceptors (Lipinski definition) is 3. The molecule has 0 saturated heterocycles. The molecule has 0 aliphatic carbocycles. The number of hydrogen-bond donors (Lipinski definition) is 0. The maximum absolute atomic E-state index is 12.1. The summed E-state index contributed by atoms with van der Waals surface area (Å²) in [7, 11) is 0. The molecule has 0 aromatic heterocycles. The molecule has 21 heavy (non-hydrogen) atoms. The molecule has 0 radical (unpaired) electrons. The Kier molecular flexibility index (Phi) is 5.96. The zero-order valence-corrected chi connectivity index (χ0v) is 13.4. The van der Waals surface area contributed by atoms with Gasteiger partial charge in [-0.05, 0) is 31.2 Å². The highest BCUT2D eigenvalue weighted by Crippen LogP contribution is 2.13. The number of benzene rings is 2. The van der Waals surface area contributed by atoms with E-state index in [-0.39, 0.29) is 5.78 Å². The molecule has 3 nitrogen and oxygen atoms in total. The molecule has 2 aromatic rings. The zero-order valence-electron chi connectivity index (χ0n) is 11.8. The van der Waals surface area contributed by atoms with Gasteiger partial charge >= 0.3 is 0 Å². The van der Waals surface area contributed by atoms with Crippen molar-refractivity contribution in [3.05, 3.63) is 64.6 Å². The molecule has 0 heterocycles. The van der Waals surface area contributed by atoms with E-state index in [1.165, 1.54) is 0 Å². The maximum atomic E-state index is 12.1. The van der Waals surface area contributed by atoms with E-state index in [1.807, 2.05) is 42.5 Å². The normalized spacial score (nSPS) is 11.9. The zero-order chi connectivity index (χ0) is 15.1. The van der Waals surface area contributed by atoms with Gasteiger partial charge in [-0.3, -0.25) is 4.79 Å². The second-order valence-corrected chi connectivity index (χ2v) is 5.46. The van der Waals surface area contributed by atoms with Crippen molar-refractivity contribution in [3.8, 4) is 5.75 Å². The van der Waals surface area contributed by atoms with Crippen molar-refractivity contribution >= 4 is 21.7 Å². The highest BCUT2D eigenvalue weighted by Gasteiger charge is 2.15. The average molecular weight is 349 g/mol. The maximum Gasteiger partial charge on any atom is 0.191 e. The first-order valence-electron chi connectivity index (χ1n) is 6.76. The van der Waals surface area contributed by atoms with E-state index in [9.17, 15) is 4.79 Å². The van der Waals surface area contributed by atoms with E-state index in [0.717, 1.165) is 10.2 Å². The Balaban J connectivity index is 1.75. The number of para-hydroxylation sites is 1. The van der Waals surface area contributed by atoms with Gasteiger partial charge in [0, 0.05) is 10.0 Å². The van der Waals surface area contributed by atoms with Crippen molar-refractivity contribution in [2.45, 2.75) is 13.0 Å². The smallest absolute Gasteiger partial charge is 0.191 e. The summed E-state index contributed by atoms with van der Waals surface area (Å²) in [4.78, 5) is 12.1. The van der Waals surface area contributed by atoms with Crippen LogP contribution < -0.4 is 4.74 Å². The van der Waals surface area contributed by atoms with Crippen LogP contribution in [0, 0.1) is 0 Å². The van der Waals surface area contributed by atoms with Crippen LogP contribution in [0.1, 0.15) is 17.3 Å². The number of ketones is 1. The van der Waals surface area contributed by atoms with Gasteiger partial charge in [0.05, 0.1) is 6.61 Å². The molecule has 1 atom stereocenters. The lowest BCUT2D eigenvalue weighted by Gasteiger charge is -2.13. The largest absolute Gasteiger partial charge is 0.491 e. The minimum Gasteiger partial charge on any atom is -0.491 e. The quantitative estimate of drug-likeness (QED) is 0.557. The van der Waals surface area contributed by atoms with Crippen molar-refractivity contribution < 1.29 is 14.3 Å². The Morgan fingerprint density at radius 3 is 2.38 bits per heavy atom.